The van der Waals surface area contributed by atoms with Gasteiger partial charge in [0.1, 0.15) is 12.3 Å². The number of esters is 1. The van der Waals surface area contributed by atoms with Gasteiger partial charge in [-0.3, -0.25) is 4.79 Å². The van der Waals surface area contributed by atoms with Gasteiger partial charge in [-0.1, -0.05) is 32.1 Å². The Balaban J connectivity index is 1.97. The lowest BCUT2D eigenvalue weighted by Crippen LogP contribution is -2.14. The Kier molecular flexibility index (Phi) is 4.97. The van der Waals surface area contributed by atoms with Gasteiger partial charge in [-0.2, -0.15) is 0 Å². The Morgan fingerprint density at radius 2 is 2.14 bits per heavy atom. The van der Waals surface area contributed by atoms with E-state index in [1.54, 1.807) is 18.5 Å². The van der Waals surface area contributed by atoms with E-state index in [1.807, 2.05) is 6.08 Å². The topological polar surface area (TPSA) is 77.2 Å². The van der Waals surface area contributed by atoms with E-state index in [0.29, 0.717) is 11.0 Å². The maximum atomic E-state index is 11.0. The standard InChI is InChI=1S/C15H19N3O3S/c1-15(2,3)11-8-16-12(21-11)6-5-10-7-17-14(22-10)18-9-13(19)20-4/h5-8H,9H2,1-4H3,(H,17,18)/b6-5+. The quantitative estimate of drug-likeness (QED) is 0.852. The van der Waals surface area contributed by atoms with Gasteiger partial charge in [0.15, 0.2) is 5.13 Å². The van der Waals surface area contributed by atoms with Crippen LogP contribution in [0.15, 0.2) is 16.8 Å². The van der Waals surface area contributed by atoms with Crippen molar-refractivity contribution in [3.63, 3.8) is 0 Å². The van der Waals surface area contributed by atoms with Gasteiger partial charge in [-0.25, -0.2) is 9.97 Å². The Bertz CT molecular complexity index is 668. The highest BCUT2D eigenvalue weighted by atomic mass is 32.1. The van der Waals surface area contributed by atoms with Crippen LogP contribution in [-0.4, -0.2) is 29.6 Å². The van der Waals surface area contributed by atoms with Crippen molar-refractivity contribution in [3.05, 3.63) is 28.9 Å². The number of ether oxygens (including phenoxy) is 1. The fourth-order valence-corrected chi connectivity index (χ4v) is 2.24. The van der Waals surface area contributed by atoms with Crippen LogP contribution >= 0.6 is 11.3 Å². The fourth-order valence-electron chi connectivity index (χ4n) is 1.53. The Morgan fingerprint density at radius 3 is 2.77 bits per heavy atom. The van der Waals surface area contributed by atoms with E-state index in [9.17, 15) is 4.79 Å². The second kappa shape index (κ2) is 6.74. The van der Waals surface area contributed by atoms with Crippen molar-refractivity contribution in [2.75, 3.05) is 19.0 Å². The molecule has 0 aliphatic rings. The van der Waals surface area contributed by atoms with Gasteiger partial charge in [0.05, 0.1) is 13.3 Å². The number of aromatic nitrogens is 2. The number of thiazole rings is 1. The Morgan fingerprint density at radius 1 is 1.36 bits per heavy atom. The molecule has 118 valence electrons. The molecule has 0 spiro atoms. The molecule has 0 aromatic carbocycles. The second-order valence-corrected chi connectivity index (χ2v) is 6.71. The third-order valence-corrected chi connectivity index (χ3v) is 3.71. The molecule has 2 aromatic rings. The molecular formula is C15H19N3O3S. The summed E-state index contributed by atoms with van der Waals surface area (Å²) < 4.78 is 10.2. The fraction of sp³-hybridized carbons (Fsp3) is 0.400. The molecule has 0 unspecified atom stereocenters. The zero-order valence-electron chi connectivity index (χ0n) is 13.0. The zero-order valence-corrected chi connectivity index (χ0v) is 13.9. The number of oxazole rings is 1. The molecule has 0 atom stereocenters. The normalized spacial score (nSPS) is 11.8. The minimum atomic E-state index is -0.332. The molecule has 0 fully saturated rings. The summed E-state index contributed by atoms with van der Waals surface area (Å²) in [7, 11) is 1.35. The lowest BCUT2D eigenvalue weighted by molar-refractivity contribution is -0.138. The number of hydrogen-bond acceptors (Lipinski definition) is 7. The largest absolute Gasteiger partial charge is 0.468 e. The molecule has 6 nitrogen and oxygen atoms in total. The maximum absolute atomic E-state index is 11.0. The first-order valence-electron chi connectivity index (χ1n) is 6.79. The van der Waals surface area contributed by atoms with Crippen molar-refractivity contribution in [3.8, 4) is 0 Å². The molecule has 0 radical (unpaired) electrons. The summed E-state index contributed by atoms with van der Waals surface area (Å²) >= 11 is 1.43. The van der Waals surface area contributed by atoms with Gasteiger partial charge in [-0.15, -0.1) is 0 Å². The van der Waals surface area contributed by atoms with Crippen LogP contribution in [0.4, 0.5) is 5.13 Å². The van der Waals surface area contributed by atoms with Gasteiger partial charge >= 0.3 is 5.97 Å². The monoisotopic (exact) mass is 321 g/mol. The van der Waals surface area contributed by atoms with E-state index in [0.717, 1.165) is 10.6 Å². The van der Waals surface area contributed by atoms with Gasteiger partial charge in [0, 0.05) is 22.6 Å². The lowest BCUT2D eigenvalue weighted by atomic mass is 9.94. The molecule has 22 heavy (non-hydrogen) atoms. The number of carbonyl (C=O) groups excluding carboxylic acids is 1. The minimum absolute atomic E-state index is 0.0610. The highest BCUT2D eigenvalue weighted by Gasteiger charge is 2.18. The molecule has 7 heteroatoms. The molecule has 0 aliphatic carbocycles. The number of carbonyl (C=O) groups is 1. The van der Waals surface area contributed by atoms with Crippen molar-refractivity contribution in [2.24, 2.45) is 0 Å². The average Bonchev–Trinajstić information content (AvgIpc) is 3.11. The SMILES string of the molecule is COC(=O)CNc1ncc(/C=C/c2ncc(C(C)(C)C)o2)s1. The smallest absolute Gasteiger partial charge is 0.325 e. The first-order chi connectivity index (χ1) is 10.4. The first-order valence-corrected chi connectivity index (χ1v) is 7.61. The molecule has 2 rings (SSSR count). The third kappa shape index (κ3) is 4.42. The summed E-state index contributed by atoms with van der Waals surface area (Å²) in [5.41, 5.74) is -0.0610. The number of nitrogens with zero attached hydrogens (tertiary/aromatic N) is 2. The Hall–Kier alpha value is -2.15. The number of methoxy groups -OCH3 is 1. The number of hydrogen-bond donors (Lipinski definition) is 1. The molecule has 0 saturated carbocycles. The van der Waals surface area contributed by atoms with E-state index in [1.165, 1.54) is 18.4 Å². The summed E-state index contributed by atoms with van der Waals surface area (Å²) in [6.45, 7) is 6.32. The number of anilines is 1. The molecular weight excluding hydrogens is 302 g/mol. The van der Waals surface area contributed by atoms with Crippen molar-refractivity contribution < 1.29 is 13.9 Å². The van der Waals surface area contributed by atoms with Crippen LogP contribution in [0.1, 0.15) is 37.3 Å². The van der Waals surface area contributed by atoms with Crippen LogP contribution in [0.5, 0.6) is 0 Å². The van der Waals surface area contributed by atoms with Crippen molar-refractivity contribution >= 4 is 34.6 Å². The summed E-state index contributed by atoms with van der Waals surface area (Å²) in [6.07, 6.45) is 7.14. The van der Waals surface area contributed by atoms with Crippen LogP contribution in [0.3, 0.4) is 0 Å². The van der Waals surface area contributed by atoms with Gasteiger partial charge in [-0.05, 0) is 6.08 Å². The van der Waals surface area contributed by atoms with Gasteiger partial charge in [0.25, 0.3) is 0 Å². The summed E-state index contributed by atoms with van der Waals surface area (Å²) in [6, 6.07) is 0. The number of nitrogens with one attached hydrogen (secondary N) is 1. The number of rotatable bonds is 5. The Labute approximate surface area is 133 Å². The molecule has 0 amide bonds. The summed E-state index contributed by atoms with van der Waals surface area (Å²) in [5.74, 6) is 1.07. The lowest BCUT2D eigenvalue weighted by Gasteiger charge is -2.12. The molecule has 0 aliphatic heterocycles. The van der Waals surface area contributed by atoms with Crippen molar-refractivity contribution in [2.45, 2.75) is 26.2 Å². The zero-order chi connectivity index (χ0) is 16.2. The first kappa shape index (κ1) is 16.2. The van der Waals surface area contributed by atoms with Crippen molar-refractivity contribution in [1.29, 1.82) is 0 Å². The molecule has 2 aromatic heterocycles. The predicted octanol–water partition coefficient (Wildman–Crippen LogP) is 3.18. The van der Waals surface area contributed by atoms with Gasteiger partial charge < -0.3 is 14.5 Å². The summed E-state index contributed by atoms with van der Waals surface area (Å²) in [4.78, 5) is 20.4. The summed E-state index contributed by atoms with van der Waals surface area (Å²) in [5, 5.41) is 3.56. The highest BCUT2D eigenvalue weighted by molar-refractivity contribution is 7.16. The van der Waals surface area contributed by atoms with E-state index < -0.39 is 0 Å². The molecule has 1 N–H and O–H groups in total. The van der Waals surface area contributed by atoms with Gasteiger partial charge in [0.2, 0.25) is 5.89 Å². The van der Waals surface area contributed by atoms with Crippen LogP contribution in [0, 0.1) is 0 Å². The van der Waals surface area contributed by atoms with Crippen molar-refractivity contribution in [1.82, 2.24) is 9.97 Å². The van der Waals surface area contributed by atoms with E-state index in [4.69, 9.17) is 4.42 Å². The van der Waals surface area contributed by atoms with Crippen LogP contribution in [-0.2, 0) is 14.9 Å². The highest BCUT2D eigenvalue weighted by Crippen LogP contribution is 2.24. The maximum Gasteiger partial charge on any atom is 0.325 e. The molecule has 2 heterocycles. The van der Waals surface area contributed by atoms with Crippen LogP contribution < -0.4 is 5.32 Å². The third-order valence-electron chi connectivity index (χ3n) is 2.79. The predicted molar refractivity (Wildman–Crippen MR) is 86.8 cm³/mol. The second-order valence-electron chi connectivity index (χ2n) is 5.64. The van der Waals surface area contributed by atoms with E-state index in [-0.39, 0.29) is 17.9 Å². The molecule has 0 saturated heterocycles. The average molecular weight is 321 g/mol. The van der Waals surface area contributed by atoms with Crippen LogP contribution in [0.2, 0.25) is 0 Å². The van der Waals surface area contributed by atoms with E-state index >= 15 is 0 Å². The minimum Gasteiger partial charge on any atom is -0.468 e. The van der Waals surface area contributed by atoms with Crippen LogP contribution in [0.25, 0.3) is 12.2 Å². The molecule has 0 bridgehead atoms. The van der Waals surface area contributed by atoms with E-state index in [2.05, 4.69) is 40.8 Å².